The van der Waals surface area contributed by atoms with Crippen LogP contribution in [-0.4, -0.2) is 46.8 Å². The number of hydrogen-bond acceptors (Lipinski definition) is 4. The molecule has 0 spiro atoms. The lowest BCUT2D eigenvalue weighted by Crippen LogP contribution is -2.59. The molecular weight excluding hydrogens is 212 g/mol. The molecule has 1 unspecified atom stereocenters. The van der Waals surface area contributed by atoms with Crippen LogP contribution in [0.5, 0.6) is 0 Å². The van der Waals surface area contributed by atoms with E-state index in [-0.39, 0.29) is 5.92 Å². The first-order valence-electron chi connectivity index (χ1n) is 5.17. The van der Waals surface area contributed by atoms with Gasteiger partial charge in [0.25, 0.3) is 0 Å². The van der Waals surface area contributed by atoms with Crippen molar-refractivity contribution in [2.75, 3.05) is 13.1 Å². The van der Waals surface area contributed by atoms with Gasteiger partial charge in [0.1, 0.15) is 11.6 Å². The van der Waals surface area contributed by atoms with Crippen LogP contribution in [0.15, 0.2) is 0 Å². The molecule has 1 aliphatic rings. The standard InChI is InChI=1S/C10H18N2O4/c1-10(2,3)16-9(15)12-4-6(5-12)7(11)8(13)14/h6-7H,4-5,11H2,1-3H3,(H,13,14). The second-order valence-corrected chi connectivity index (χ2v) is 5.01. The van der Waals surface area contributed by atoms with E-state index >= 15 is 0 Å². The molecule has 6 nitrogen and oxygen atoms in total. The molecule has 0 saturated carbocycles. The van der Waals surface area contributed by atoms with Crippen molar-refractivity contribution in [2.45, 2.75) is 32.4 Å². The predicted molar refractivity (Wildman–Crippen MR) is 56.9 cm³/mol. The monoisotopic (exact) mass is 230 g/mol. The molecule has 0 aliphatic carbocycles. The molecule has 1 amide bonds. The molecule has 0 aromatic carbocycles. The van der Waals surface area contributed by atoms with Gasteiger partial charge in [-0.2, -0.15) is 0 Å². The molecule has 0 radical (unpaired) electrons. The van der Waals surface area contributed by atoms with Gasteiger partial charge in [0.2, 0.25) is 0 Å². The van der Waals surface area contributed by atoms with Gasteiger partial charge in [0.15, 0.2) is 0 Å². The van der Waals surface area contributed by atoms with Crippen molar-refractivity contribution in [3.63, 3.8) is 0 Å². The van der Waals surface area contributed by atoms with Gasteiger partial charge in [-0.15, -0.1) is 0 Å². The van der Waals surface area contributed by atoms with Crippen LogP contribution in [0, 0.1) is 5.92 Å². The first kappa shape index (κ1) is 12.8. The molecule has 0 aromatic heterocycles. The number of amides is 1. The summed E-state index contributed by atoms with van der Waals surface area (Å²) in [4.78, 5) is 23.5. The van der Waals surface area contributed by atoms with Crippen molar-refractivity contribution in [3.8, 4) is 0 Å². The van der Waals surface area contributed by atoms with Gasteiger partial charge in [-0.1, -0.05) is 0 Å². The Morgan fingerprint density at radius 2 is 1.94 bits per heavy atom. The van der Waals surface area contributed by atoms with E-state index < -0.39 is 23.7 Å². The van der Waals surface area contributed by atoms with E-state index in [4.69, 9.17) is 15.6 Å². The summed E-state index contributed by atoms with van der Waals surface area (Å²) in [6.45, 7) is 6.05. The number of ether oxygens (including phenoxy) is 1. The summed E-state index contributed by atoms with van der Waals surface area (Å²) >= 11 is 0. The van der Waals surface area contributed by atoms with Gasteiger partial charge >= 0.3 is 12.1 Å². The topological polar surface area (TPSA) is 92.9 Å². The summed E-state index contributed by atoms with van der Waals surface area (Å²) in [5, 5.41) is 8.67. The number of hydrogen-bond donors (Lipinski definition) is 2. The molecule has 1 heterocycles. The smallest absolute Gasteiger partial charge is 0.410 e. The van der Waals surface area contributed by atoms with Crippen LogP contribution in [0.4, 0.5) is 4.79 Å². The molecule has 1 aliphatic heterocycles. The molecule has 6 heteroatoms. The second kappa shape index (κ2) is 4.29. The average molecular weight is 230 g/mol. The van der Waals surface area contributed by atoms with Crippen molar-refractivity contribution in [1.82, 2.24) is 4.90 Å². The van der Waals surface area contributed by atoms with Gasteiger partial charge < -0.3 is 20.5 Å². The molecular formula is C10H18N2O4. The quantitative estimate of drug-likeness (QED) is 0.710. The third kappa shape index (κ3) is 3.10. The van der Waals surface area contributed by atoms with E-state index in [1.807, 2.05) is 0 Å². The van der Waals surface area contributed by atoms with E-state index in [0.717, 1.165) is 0 Å². The van der Waals surface area contributed by atoms with Gasteiger partial charge in [-0.25, -0.2) is 4.79 Å². The average Bonchev–Trinajstić information content (AvgIpc) is 1.96. The maximum atomic E-state index is 11.5. The summed E-state index contributed by atoms with van der Waals surface area (Å²) in [6, 6.07) is -0.904. The molecule has 1 fully saturated rings. The molecule has 1 atom stereocenters. The Morgan fingerprint density at radius 3 is 2.31 bits per heavy atom. The maximum absolute atomic E-state index is 11.5. The highest BCUT2D eigenvalue weighted by atomic mass is 16.6. The number of rotatable bonds is 2. The fourth-order valence-corrected chi connectivity index (χ4v) is 1.42. The van der Waals surface area contributed by atoms with Crippen LogP contribution < -0.4 is 5.73 Å². The largest absolute Gasteiger partial charge is 0.480 e. The summed E-state index contributed by atoms with van der Waals surface area (Å²) in [5.74, 6) is -1.21. The van der Waals surface area contributed by atoms with Crippen LogP contribution in [0.3, 0.4) is 0 Å². The van der Waals surface area contributed by atoms with Gasteiger partial charge in [-0.05, 0) is 20.8 Å². The van der Waals surface area contributed by atoms with E-state index in [9.17, 15) is 9.59 Å². The lowest BCUT2D eigenvalue weighted by molar-refractivity contribution is -0.141. The zero-order chi connectivity index (χ0) is 12.5. The molecule has 1 rings (SSSR count). The predicted octanol–water partition coefficient (Wildman–Crippen LogP) is 0.265. The fourth-order valence-electron chi connectivity index (χ4n) is 1.42. The Labute approximate surface area is 94.3 Å². The number of likely N-dealkylation sites (tertiary alicyclic amines) is 1. The first-order chi connectivity index (χ1) is 7.20. The van der Waals surface area contributed by atoms with Crippen LogP contribution in [0.25, 0.3) is 0 Å². The van der Waals surface area contributed by atoms with Gasteiger partial charge in [0.05, 0.1) is 0 Å². The highest BCUT2D eigenvalue weighted by molar-refractivity contribution is 5.75. The minimum Gasteiger partial charge on any atom is -0.480 e. The van der Waals surface area contributed by atoms with Crippen molar-refractivity contribution >= 4 is 12.1 Å². The molecule has 0 aromatic rings. The number of nitrogens with two attached hydrogens (primary N) is 1. The Kier molecular flexibility index (Phi) is 3.42. The summed E-state index contributed by atoms with van der Waals surface area (Å²) in [6.07, 6.45) is -0.415. The van der Waals surface area contributed by atoms with Crippen LogP contribution in [0.1, 0.15) is 20.8 Å². The van der Waals surface area contributed by atoms with E-state index in [2.05, 4.69) is 0 Å². The summed E-state index contributed by atoms with van der Waals surface area (Å²) in [7, 11) is 0. The Bertz CT molecular complexity index is 292. The zero-order valence-corrected chi connectivity index (χ0v) is 9.77. The van der Waals surface area contributed by atoms with Crippen molar-refractivity contribution < 1.29 is 19.4 Å². The lowest BCUT2D eigenvalue weighted by Gasteiger charge is -2.41. The van der Waals surface area contributed by atoms with E-state index in [0.29, 0.717) is 13.1 Å². The zero-order valence-electron chi connectivity index (χ0n) is 9.77. The fraction of sp³-hybridized carbons (Fsp3) is 0.800. The van der Waals surface area contributed by atoms with Crippen molar-refractivity contribution in [3.05, 3.63) is 0 Å². The van der Waals surface area contributed by atoms with Crippen LogP contribution >= 0.6 is 0 Å². The van der Waals surface area contributed by atoms with Crippen molar-refractivity contribution in [1.29, 1.82) is 0 Å². The molecule has 1 saturated heterocycles. The third-order valence-corrected chi connectivity index (χ3v) is 2.35. The Morgan fingerprint density at radius 1 is 1.44 bits per heavy atom. The second-order valence-electron chi connectivity index (χ2n) is 5.01. The molecule has 0 bridgehead atoms. The minimum atomic E-state index is -1.03. The SMILES string of the molecule is CC(C)(C)OC(=O)N1CC(C(N)C(=O)O)C1. The Hall–Kier alpha value is -1.30. The lowest BCUT2D eigenvalue weighted by atomic mass is 9.93. The minimum absolute atomic E-state index is 0.176. The molecule has 16 heavy (non-hydrogen) atoms. The normalized spacial score (nSPS) is 18.9. The number of carbonyl (C=O) groups excluding carboxylic acids is 1. The van der Waals surface area contributed by atoms with Gasteiger partial charge in [0, 0.05) is 19.0 Å². The number of carboxylic acids is 1. The highest BCUT2D eigenvalue weighted by Crippen LogP contribution is 2.21. The van der Waals surface area contributed by atoms with Crippen molar-refractivity contribution in [2.24, 2.45) is 11.7 Å². The number of carbonyl (C=O) groups is 2. The highest BCUT2D eigenvalue weighted by Gasteiger charge is 2.39. The number of carboxylic acid groups (broad SMARTS) is 1. The van der Waals surface area contributed by atoms with E-state index in [1.54, 1.807) is 20.8 Å². The molecule has 3 N–H and O–H groups in total. The van der Waals surface area contributed by atoms with Crippen LogP contribution in [-0.2, 0) is 9.53 Å². The van der Waals surface area contributed by atoms with E-state index in [1.165, 1.54) is 4.90 Å². The maximum Gasteiger partial charge on any atom is 0.410 e. The first-order valence-corrected chi connectivity index (χ1v) is 5.17. The Balaban J connectivity index is 2.36. The summed E-state index contributed by atoms with van der Waals surface area (Å²) in [5.41, 5.74) is 4.90. The number of aliphatic carboxylic acids is 1. The number of nitrogens with zero attached hydrogens (tertiary/aromatic N) is 1. The summed E-state index contributed by atoms with van der Waals surface area (Å²) < 4.78 is 5.13. The molecule has 92 valence electrons. The van der Waals surface area contributed by atoms with Crippen LogP contribution in [0.2, 0.25) is 0 Å². The third-order valence-electron chi connectivity index (χ3n) is 2.35. The van der Waals surface area contributed by atoms with Gasteiger partial charge in [-0.3, -0.25) is 4.79 Å².